The molecular weight excluding hydrogens is 292 g/mol. The lowest BCUT2D eigenvalue weighted by Gasteiger charge is -2.06. The quantitative estimate of drug-likeness (QED) is 0.756. The van der Waals surface area contributed by atoms with Gasteiger partial charge in [-0.3, -0.25) is 0 Å². The Morgan fingerprint density at radius 3 is 2.35 bits per heavy atom. The maximum absolute atomic E-state index is 11.5. The van der Waals surface area contributed by atoms with Crippen molar-refractivity contribution in [2.24, 2.45) is 0 Å². The van der Waals surface area contributed by atoms with Gasteiger partial charge in [0.05, 0.1) is 17.7 Å². The number of carbonyl (C=O) groups is 1. The molecule has 0 N–H and O–H groups in total. The summed E-state index contributed by atoms with van der Waals surface area (Å²) in [5.41, 5.74) is 1.70. The van der Waals surface area contributed by atoms with Crippen molar-refractivity contribution in [2.75, 3.05) is 7.11 Å². The molecule has 20 heavy (non-hydrogen) atoms. The summed E-state index contributed by atoms with van der Waals surface area (Å²) in [5, 5.41) is 0.409. The highest BCUT2D eigenvalue weighted by molar-refractivity contribution is 7.99. The standard InChI is InChI=1S/C16H15ClO2S/c1-3-11-4-6-12(7-5-11)20-13-8-9-14(15(17)10-13)16(18)19-2/h4-10H,3H2,1-2H3. The second kappa shape index (κ2) is 6.82. The molecule has 0 amide bonds. The Kier molecular flexibility index (Phi) is 5.10. The molecule has 0 aliphatic rings. The summed E-state index contributed by atoms with van der Waals surface area (Å²) in [7, 11) is 1.34. The van der Waals surface area contributed by atoms with Crippen molar-refractivity contribution in [3.63, 3.8) is 0 Å². The molecule has 0 heterocycles. The first-order valence-corrected chi connectivity index (χ1v) is 7.48. The average Bonchev–Trinajstić information content (AvgIpc) is 2.47. The van der Waals surface area contributed by atoms with Gasteiger partial charge in [-0.25, -0.2) is 4.79 Å². The van der Waals surface area contributed by atoms with Crippen molar-refractivity contribution in [2.45, 2.75) is 23.1 Å². The monoisotopic (exact) mass is 306 g/mol. The molecule has 0 atom stereocenters. The van der Waals surface area contributed by atoms with E-state index in [2.05, 4.69) is 35.9 Å². The Hall–Kier alpha value is -1.45. The van der Waals surface area contributed by atoms with Gasteiger partial charge < -0.3 is 4.74 Å². The molecule has 0 unspecified atom stereocenters. The summed E-state index contributed by atoms with van der Waals surface area (Å²) >= 11 is 7.72. The molecule has 2 aromatic rings. The fourth-order valence-corrected chi connectivity index (χ4v) is 2.94. The number of halogens is 1. The lowest BCUT2D eigenvalue weighted by Crippen LogP contribution is -2.01. The van der Waals surface area contributed by atoms with Crippen molar-refractivity contribution in [1.82, 2.24) is 0 Å². The molecule has 4 heteroatoms. The van der Waals surface area contributed by atoms with E-state index in [4.69, 9.17) is 11.6 Å². The van der Waals surface area contributed by atoms with Gasteiger partial charge in [0.2, 0.25) is 0 Å². The van der Waals surface area contributed by atoms with E-state index in [-0.39, 0.29) is 0 Å². The maximum Gasteiger partial charge on any atom is 0.339 e. The van der Waals surface area contributed by atoms with Gasteiger partial charge in [-0.1, -0.05) is 42.4 Å². The molecule has 2 rings (SSSR count). The fourth-order valence-electron chi connectivity index (χ4n) is 1.76. The first kappa shape index (κ1) is 14.9. The van der Waals surface area contributed by atoms with Crippen LogP contribution in [0.15, 0.2) is 52.3 Å². The summed E-state index contributed by atoms with van der Waals surface area (Å²) in [5.74, 6) is -0.418. The van der Waals surface area contributed by atoms with Crippen LogP contribution in [0.5, 0.6) is 0 Å². The summed E-state index contributed by atoms with van der Waals surface area (Å²) in [4.78, 5) is 13.6. The third-order valence-corrected chi connectivity index (χ3v) is 4.22. The van der Waals surface area contributed by atoms with Gasteiger partial charge in [-0.15, -0.1) is 0 Å². The molecule has 0 fully saturated rings. The summed E-state index contributed by atoms with van der Waals surface area (Å²) in [6.07, 6.45) is 1.03. The van der Waals surface area contributed by atoms with E-state index in [1.807, 2.05) is 6.07 Å². The zero-order valence-electron chi connectivity index (χ0n) is 11.4. The van der Waals surface area contributed by atoms with Gasteiger partial charge in [0.25, 0.3) is 0 Å². The number of benzene rings is 2. The molecule has 0 saturated carbocycles. The summed E-state index contributed by atoms with van der Waals surface area (Å²) in [6, 6.07) is 13.8. The van der Waals surface area contributed by atoms with Crippen molar-refractivity contribution < 1.29 is 9.53 Å². The molecule has 0 bridgehead atoms. The van der Waals surface area contributed by atoms with Crippen LogP contribution in [0.3, 0.4) is 0 Å². The average molecular weight is 307 g/mol. The first-order chi connectivity index (χ1) is 9.63. The zero-order chi connectivity index (χ0) is 14.5. The molecule has 0 aliphatic carbocycles. The Bertz CT molecular complexity index is 608. The molecular formula is C16H15ClO2S. The molecule has 0 saturated heterocycles. The molecule has 0 spiro atoms. The van der Waals surface area contributed by atoms with Crippen molar-refractivity contribution in [3.8, 4) is 0 Å². The minimum absolute atomic E-state index is 0.389. The number of rotatable bonds is 4. The van der Waals surface area contributed by atoms with Gasteiger partial charge in [0, 0.05) is 9.79 Å². The molecule has 104 valence electrons. The van der Waals surface area contributed by atoms with Gasteiger partial charge in [0.15, 0.2) is 0 Å². The van der Waals surface area contributed by atoms with Gasteiger partial charge in [-0.05, 0) is 42.3 Å². The molecule has 0 radical (unpaired) electrons. The second-order valence-corrected chi connectivity index (χ2v) is 5.79. The molecule has 0 aromatic heterocycles. The molecule has 0 aliphatic heterocycles. The van der Waals surface area contributed by atoms with Crippen LogP contribution in [-0.4, -0.2) is 13.1 Å². The number of carbonyl (C=O) groups excluding carboxylic acids is 1. The van der Waals surface area contributed by atoms with Gasteiger partial charge in [0.1, 0.15) is 0 Å². The van der Waals surface area contributed by atoms with Crippen LogP contribution in [0.1, 0.15) is 22.8 Å². The predicted molar refractivity (Wildman–Crippen MR) is 82.7 cm³/mol. The SMILES string of the molecule is CCc1ccc(Sc2ccc(C(=O)OC)c(Cl)c2)cc1. The van der Waals surface area contributed by atoms with Crippen LogP contribution >= 0.6 is 23.4 Å². The van der Waals surface area contributed by atoms with Gasteiger partial charge in [-0.2, -0.15) is 0 Å². The number of aryl methyl sites for hydroxylation is 1. The Labute approximate surface area is 128 Å². The minimum atomic E-state index is -0.418. The highest BCUT2D eigenvalue weighted by Crippen LogP contribution is 2.31. The fraction of sp³-hybridized carbons (Fsp3) is 0.188. The highest BCUT2D eigenvalue weighted by atomic mass is 35.5. The van der Waals surface area contributed by atoms with Crippen LogP contribution < -0.4 is 0 Å². The van der Waals surface area contributed by atoms with Crippen molar-refractivity contribution in [1.29, 1.82) is 0 Å². The van der Waals surface area contributed by atoms with Crippen LogP contribution in [0.25, 0.3) is 0 Å². The van der Waals surface area contributed by atoms with Crippen LogP contribution in [0.2, 0.25) is 5.02 Å². The number of ether oxygens (including phenoxy) is 1. The van der Waals surface area contributed by atoms with E-state index in [9.17, 15) is 4.79 Å². The smallest absolute Gasteiger partial charge is 0.339 e. The van der Waals surface area contributed by atoms with Crippen LogP contribution in [0, 0.1) is 0 Å². The Morgan fingerprint density at radius 2 is 1.80 bits per heavy atom. The normalized spacial score (nSPS) is 10.3. The number of hydrogen-bond donors (Lipinski definition) is 0. The predicted octanol–water partition coefficient (Wildman–Crippen LogP) is 4.84. The molecule has 2 nitrogen and oxygen atoms in total. The van der Waals surface area contributed by atoms with Crippen LogP contribution in [-0.2, 0) is 11.2 Å². The lowest BCUT2D eigenvalue weighted by atomic mass is 10.2. The maximum atomic E-state index is 11.5. The van der Waals surface area contributed by atoms with Crippen LogP contribution in [0.4, 0.5) is 0 Å². The Balaban J connectivity index is 2.17. The minimum Gasteiger partial charge on any atom is -0.465 e. The number of hydrogen-bond acceptors (Lipinski definition) is 3. The lowest BCUT2D eigenvalue weighted by molar-refractivity contribution is 0.0601. The number of esters is 1. The largest absolute Gasteiger partial charge is 0.465 e. The Morgan fingerprint density at radius 1 is 1.15 bits per heavy atom. The van der Waals surface area contributed by atoms with E-state index in [1.54, 1.807) is 23.9 Å². The number of methoxy groups -OCH3 is 1. The third-order valence-electron chi connectivity index (χ3n) is 2.91. The summed E-state index contributed by atoms with van der Waals surface area (Å²) in [6.45, 7) is 2.13. The van der Waals surface area contributed by atoms with E-state index in [1.165, 1.54) is 12.7 Å². The van der Waals surface area contributed by atoms with E-state index < -0.39 is 5.97 Å². The van der Waals surface area contributed by atoms with E-state index >= 15 is 0 Å². The topological polar surface area (TPSA) is 26.3 Å². The first-order valence-electron chi connectivity index (χ1n) is 6.28. The zero-order valence-corrected chi connectivity index (χ0v) is 12.9. The van der Waals surface area contributed by atoms with Crippen molar-refractivity contribution in [3.05, 3.63) is 58.6 Å². The second-order valence-electron chi connectivity index (χ2n) is 4.23. The highest BCUT2D eigenvalue weighted by Gasteiger charge is 2.11. The van der Waals surface area contributed by atoms with Gasteiger partial charge >= 0.3 is 5.97 Å². The summed E-state index contributed by atoms with van der Waals surface area (Å²) < 4.78 is 4.67. The molecule has 2 aromatic carbocycles. The third kappa shape index (κ3) is 3.56. The van der Waals surface area contributed by atoms with E-state index in [0.29, 0.717) is 10.6 Å². The van der Waals surface area contributed by atoms with Crippen molar-refractivity contribution >= 4 is 29.3 Å². The van der Waals surface area contributed by atoms with E-state index in [0.717, 1.165) is 16.2 Å².